The Labute approximate surface area is 133 Å². The molecule has 118 valence electrons. The van der Waals surface area contributed by atoms with Crippen molar-refractivity contribution in [2.75, 3.05) is 6.54 Å². The van der Waals surface area contributed by atoms with Gasteiger partial charge in [0.05, 0.1) is 5.94 Å². The fourth-order valence-electron chi connectivity index (χ4n) is 2.19. The van der Waals surface area contributed by atoms with Crippen molar-refractivity contribution in [3.05, 3.63) is 35.0 Å². The minimum atomic E-state index is -1.66. The highest BCUT2D eigenvalue weighted by molar-refractivity contribution is 7.07. The second-order valence-corrected chi connectivity index (χ2v) is 6.10. The van der Waals surface area contributed by atoms with Crippen LogP contribution in [-0.2, 0) is 16.0 Å². The monoisotopic (exact) mass is 322 g/mol. The predicted molar refractivity (Wildman–Crippen MR) is 85.1 cm³/mol. The summed E-state index contributed by atoms with van der Waals surface area (Å²) in [6.07, 6.45) is 3.28. The first kappa shape index (κ1) is 16.7. The molecule has 0 aromatic carbocycles. The van der Waals surface area contributed by atoms with E-state index in [2.05, 4.69) is 11.9 Å². The van der Waals surface area contributed by atoms with E-state index in [-0.39, 0.29) is 18.5 Å². The molecule has 0 bridgehead atoms. The number of hydrogen-bond donors (Lipinski definition) is 3. The molecule has 2 rings (SSSR count). The highest BCUT2D eigenvalue weighted by Crippen LogP contribution is 2.26. The van der Waals surface area contributed by atoms with E-state index in [4.69, 9.17) is 0 Å². The number of carbonyl (C=O) groups excluding carboxylic acids is 2. The first-order chi connectivity index (χ1) is 10.5. The lowest BCUT2D eigenvalue weighted by Crippen LogP contribution is -2.51. The summed E-state index contributed by atoms with van der Waals surface area (Å²) < 4.78 is 0. The molecular formula is C14H19BN2O4S. The van der Waals surface area contributed by atoms with E-state index in [1.807, 2.05) is 16.8 Å². The van der Waals surface area contributed by atoms with Crippen molar-refractivity contribution < 1.29 is 19.6 Å². The average molecular weight is 322 g/mol. The van der Waals surface area contributed by atoms with E-state index >= 15 is 0 Å². The van der Waals surface area contributed by atoms with Crippen LogP contribution in [0.3, 0.4) is 0 Å². The molecule has 1 aromatic heterocycles. The van der Waals surface area contributed by atoms with Crippen LogP contribution in [0.1, 0.15) is 18.4 Å². The van der Waals surface area contributed by atoms with Crippen LogP contribution < -0.4 is 5.32 Å². The van der Waals surface area contributed by atoms with Gasteiger partial charge in [-0.25, -0.2) is 0 Å². The van der Waals surface area contributed by atoms with Gasteiger partial charge in [-0.05, 0) is 47.7 Å². The van der Waals surface area contributed by atoms with E-state index < -0.39 is 19.0 Å². The Bertz CT molecular complexity index is 531. The van der Waals surface area contributed by atoms with Gasteiger partial charge >= 0.3 is 7.12 Å². The number of rotatable bonds is 8. The minimum Gasteiger partial charge on any atom is -0.426 e. The van der Waals surface area contributed by atoms with Crippen molar-refractivity contribution in [1.82, 2.24) is 10.2 Å². The van der Waals surface area contributed by atoms with Gasteiger partial charge in [0.2, 0.25) is 11.8 Å². The number of nitrogens with zero attached hydrogens (tertiary/aromatic N) is 1. The molecule has 8 heteroatoms. The molecule has 1 aliphatic carbocycles. The van der Waals surface area contributed by atoms with Crippen LogP contribution >= 0.6 is 11.3 Å². The molecule has 22 heavy (non-hydrogen) atoms. The summed E-state index contributed by atoms with van der Waals surface area (Å²) in [5.74, 6) is -1.49. The predicted octanol–water partition coefficient (Wildman–Crippen LogP) is -0.0356. The van der Waals surface area contributed by atoms with Crippen molar-refractivity contribution in [3.63, 3.8) is 0 Å². The van der Waals surface area contributed by atoms with Crippen molar-refractivity contribution in [3.8, 4) is 0 Å². The summed E-state index contributed by atoms with van der Waals surface area (Å²) in [7, 11) is -1.66. The smallest absolute Gasteiger partial charge is 0.426 e. The van der Waals surface area contributed by atoms with Crippen LogP contribution in [0, 0.1) is 0 Å². The zero-order valence-electron chi connectivity index (χ0n) is 12.1. The van der Waals surface area contributed by atoms with Gasteiger partial charge in [-0.3, -0.25) is 9.59 Å². The van der Waals surface area contributed by atoms with E-state index in [0.29, 0.717) is 6.42 Å². The van der Waals surface area contributed by atoms with Crippen molar-refractivity contribution in [1.29, 1.82) is 0 Å². The van der Waals surface area contributed by atoms with Crippen LogP contribution in [-0.4, -0.2) is 52.4 Å². The van der Waals surface area contributed by atoms with Crippen LogP contribution in [0.5, 0.6) is 0 Å². The third-order valence-corrected chi connectivity index (χ3v) is 4.23. The van der Waals surface area contributed by atoms with Crippen LogP contribution in [0.2, 0.25) is 0 Å². The third kappa shape index (κ3) is 4.69. The van der Waals surface area contributed by atoms with Crippen LogP contribution in [0.4, 0.5) is 0 Å². The normalized spacial score (nSPS) is 15.0. The molecule has 2 amide bonds. The second-order valence-electron chi connectivity index (χ2n) is 5.32. The molecule has 6 nitrogen and oxygen atoms in total. The SMILES string of the molecule is C=CC(=O)N(CC(=O)NC(Cc1ccsc1)B(O)O)C1CC1. The fraction of sp³-hybridized carbons (Fsp3) is 0.429. The summed E-state index contributed by atoms with van der Waals surface area (Å²) in [5, 5.41) is 25.2. The topological polar surface area (TPSA) is 89.9 Å². The zero-order valence-corrected chi connectivity index (χ0v) is 13.0. The second kappa shape index (κ2) is 7.57. The van der Waals surface area contributed by atoms with E-state index in [1.165, 1.54) is 22.3 Å². The molecule has 1 atom stereocenters. The lowest BCUT2D eigenvalue weighted by molar-refractivity contribution is -0.133. The standard InChI is InChI=1S/C14H19BN2O4S/c1-2-14(19)17(11-3-4-11)8-13(18)16-12(15(20)21)7-10-5-6-22-9-10/h2,5-6,9,11-12,20-21H,1,3-4,7-8H2,(H,16,18). The molecule has 1 fully saturated rings. The van der Waals surface area contributed by atoms with E-state index in [9.17, 15) is 19.6 Å². The van der Waals surface area contributed by atoms with Gasteiger partial charge in [0.25, 0.3) is 0 Å². The molecule has 0 radical (unpaired) electrons. The molecule has 1 aromatic rings. The van der Waals surface area contributed by atoms with E-state index in [0.717, 1.165) is 18.4 Å². The molecule has 3 N–H and O–H groups in total. The van der Waals surface area contributed by atoms with Crippen molar-refractivity contribution >= 4 is 30.3 Å². The molecular weight excluding hydrogens is 303 g/mol. The molecule has 1 unspecified atom stereocenters. The van der Waals surface area contributed by atoms with Crippen LogP contribution in [0.25, 0.3) is 0 Å². The highest BCUT2D eigenvalue weighted by Gasteiger charge is 2.34. The van der Waals surface area contributed by atoms with Crippen molar-refractivity contribution in [2.24, 2.45) is 0 Å². The maximum absolute atomic E-state index is 12.1. The number of nitrogens with one attached hydrogen (secondary N) is 1. The zero-order chi connectivity index (χ0) is 16.1. The largest absolute Gasteiger partial charge is 0.475 e. The first-order valence-electron chi connectivity index (χ1n) is 7.11. The number of thiophene rings is 1. The van der Waals surface area contributed by atoms with Gasteiger partial charge in [-0.15, -0.1) is 0 Å². The van der Waals surface area contributed by atoms with Crippen molar-refractivity contribution in [2.45, 2.75) is 31.2 Å². The Morgan fingerprint density at radius 1 is 1.55 bits per heavy atom. The Morgan fingerprint density at radius 2 is 2.27 bits per heavy atom. The molecule has 1 saturated carbocycles. The summed E-state index contributed by atoms with van der Waals surface area (Å²) in [6, 6.07) is 1.95. The molecule has 0 saturated heterocycles. The molecule has 1 heterocycles. The fourth-order valence-corrected chi connectivity index (χ4v) is 2.87. The molecule has 1 aliphatic rings. The third-order valence-electron chi connectivity index (χ3n) is 3.50. The maximum atomic E-state index is 12.1. The quantitative estimate of drug-likeness (QED) is 0.463. The number of carbonyl (C=O) groups is 2. The summed E-state index contributed by atoms with van der Waals surface area (Å²) in [5.41, 5.74) is 0.921. The Hall–Kier alpha value is -1.64. The van der Waals surface area contributed by atoms with Crippen LogP contribution in [0.15, 0.2) is 29.5 Å². The Kier molecular flexibility index (Phi) is 5.76. The molecule has 0 aliphatic heterocycles. The van der Waals surface area contributed by atoms with Gasteiger partial charge in [0, 0.05) is 6.04 Å². The number of hydrogen-bond acceptors (Lipinski definition) is 5. The minimum absolute atomic E-state index is 0.0885. The van der Waals surface area contributed by atoms with E-state index in [1.54, 1.807) is 0 Å². The summed E-state index contributed by atoms with van der Waals surface area (Å²) in [6.45, 7) is 3.34. The van der Waals surface area contributed by atoms with Gasteiger partial charge in [0.15, 0.2) is 0 Å². The lowest BCUT2D eigenvalue weighted by atomic mass is 9.76. The highest BCUT2D eigenvalue weighted by atomic mass is 32.1. The van der Waals surface area contributed by atoms with Gasteiger partial charge in [-0.1, -0.05) is 6.58 Å². The van der Waals surface area contributed by atoms with Gasteiger partial charge < -0.3 is 20.3 Å². The molecule has 0 spiro atoms. The number of amides is 2. The average Bonchev–Trinajstić information content (AvgIpc) is 3.20. The summed E-state index contributed by atoms with van der Waals surface area (Å²) in [4.78, 5) is 25.3. The maximum Gasteiger partial charge on any atom is 0.475 e. The van der Waals surface area contributed by atoms with Gasteiger partial charge in [0.1, 0.15) is 6.54 Å². The summed E-state index contributed by atoms with van der Waals surface area (Å²) >= 11 is 1.50. The Balaban J connectivity index is 1.92. The first-order valence-corrected chi connectivity index (χ1v) is 8.05. The lowest BCUT2D eigenvalue weighted by Gasteiger charge is -2.23. The Morgan fingerprint density at radius 3 is 2.77 bits per heavy atom. The van der Waals surface area contributed by atoms with Gasteiger partial charge in [-0.2, -0.15) is 11.3 Å².